The minimum Gasteiger partial charge on any atom is -0.372 e. The number of likely N-dealkylation sites (tertiary alicyclic amines) is 2. The van der Waals surface area contributed by atoms with Gasteiger partial charge in [0.15, 0.2) is 0 Å². The second-order valence-corrected chi connectivity index (χ2v) is 8.22. The molecule has 2 amide bonds. The van der Waals surface area contributed by atoms with Gasteiger partial charge in [-0.15, -0.1) is 12.4 Å². The molecule has 6 nitrogen and oxygen atoms in total. The van der Waals surface area contributed by atoms with Crippen molar-refractivity contribution in [2.24, 2.45) is 17.8 Å². The Morgan fingerprint density at radius 1 is 1.14 bits per heavy atom. The zero-order valence-electron chi connectivity index (χ0n) is 17.1. The lowest BCUT2D eigenvalue weighted by molar-refractivity contribution is -0.143. The summed E-state index contributed by atoms with van der Waals surface area (Å²) in [6.45, 7) is 6.73. The highest BCUT2D eigenvalue weighted by Gasteiger charge is 2.48. The van der Waals surface area contributed by atoms with Crippen LogP contribution in [0, 0.1) is 17.8 Å². The highest BCUT2D eigenvalue weighted by molar-refractivity contribution is 5.85. The van der Waals surface area contributed by atoms with E-state index >= 15 is 0 Å². The first kappa shape index (κ1) is 22.1. The van der Waals surface area contributed by atoms with Gasteiger partial charge in [0.05, 0.1) is 6.04 Å². The largest absolute Gasteiger partial charge is 0.372 e. The van der Waals surface area contributed by atoms with Crippen LogP contribution < -0.4 is 5.32 Å². The van der Waals surface area contributed by atoms with Crippen molar-refractivity contribution in [3.05, 3.63) is 35.9 Å². The SMILES string of the molecule is CCOCC(=O)N1CCC(C(=O)N2C[C@@H]3CNC[C@@H]3[C@H]2c2ccccc2)CC1.Cl. The predicted octanol–water partition coefficient (Wildman–Crippen LogP) is 2.10. The van der Waals surface area contributed by atoms with Gasteiger partial charge in [0.2, 0.25) is 11.8 Å². The van der Waals surface area contributed by atoms with Crippen LogP contribution in [-0.4, -0.2) is 67.6 Å². The molecule has 3 fully saturated rings. The van der Waals surface area contributed by atoms with Gasteiger partial charge in [0, 0.05) is 51.2 Å². The third-order valence-corrected chi connectivity index (χ3v) is 6.62. The molecule has 0 saturated carbocycles. The van der Waals surface area contributed by atoms with Crippen molar-refractivity contribution >= 4 is 24.2 Å². The standard InChI is InChI=1S/C22H31N3O3.ClH/c1-2-28-15-20(26)24-10-8-17(9-11-24)22(27)25-14-18-12-23-13-19(18)21(25)16-6-4-3-5-7-16;/h3-7,17-19,21,23H,2,8-15H2,1H3;1H/t18-,19-,21+;/m0./s1. The molecule has 1 aromatic carbocycles. The fraction of sp³-hybridized carbons (Fsp3) is 0.636. The monoisotopic (exact) mass is 421 g/mol. The molecule has 7 heteroatoms. The van der Waals surface area contributed by atoms with Gasteiger partial charge in [-0.05, 0) is 31.2 Å². The Morgan fingerprint density at radius 3 is 2.55 bits per heavy atom. The van der Waals surface area contributed by atoms with E-state index in [1.54, 1.807) is 0 Å². The number of carbonyl (C=O) groups excluding carboxylic acids is 2. The number of fused-ring (bicyclic) bond motifs is 1. The molecule has 3 atom stereocenters. The van der Waals surface area contributed by atoms with Gasteiger partial charge in [-0.25, -0.2) is 0 Å². The molecule has 3 heterocycles. The Labute approximate surface area is 179 Å². The highest BCUT2D eigenvalue weighted by Crippen LogP contribution is 2.43. The van der Waals surface area contributed by atoms with E-state index in [0.29, 0.717) is 31.5 Å². The first-order chi connectivity index (χ1) is 13.7. The summed E-state index contributed by atoms with van der Waals surface area (Å²) in [4.78, 5) is 29.6. The number of piperidine rings is 1. The van der Waals surface area contributed by atoms with E-state index in [4.69, 9.17) is 4.74 Å². The molecule has 160 valence electrons. The summed E-state index contributed by atoms with van der Waals surface area (Å²) in [6, 6.07) is 10.6. The van der Waals surface area contributed by atoms with Gasteiger partial charge >= 0.3 is 0 Å². The predicted molar refractivity (Wildman–Crippen MR) is 114 cm³/mol. The van der Waals surface area contributed by atoms with E-state index in [-0.39, 0.29) is 42.8 Å². The summed E-state index contributed by atoms with van der Waals surface area (Å²) in [5, 5.41) is 3.50. The Hall–Kier alpha value is -1.63. The van der Waals surface area contributed by atoms with Crippen molar-refractivity contribution in [3.8, 4) is 0 Å². The number of hydrogen-bond acceptors (Lipinski definition) is 4. The molecular formula is C22H32ClN3O3. The van der Waals surface area contributed by atoms with Crippen molar-refractivity contribution in [1.82, 2.24) is 15.1 Å². The number of benzene rings is 1. The van der Waals surface area contributed by atoms with Crippen LogP contribution in [0.3, 0.4) is 0 Å². The average Bonchev–Trinajstić information content (AvgIpc) is 3.33. The zero-order chi connectivity index (χ0) is 19.5. The first-order valence-electron chi connectivity index (χ1n) is 10.6. The van der Waals surface area contributed by atoms with E-state index < -0.39 is 0 Å². The van der Waals surface area contributed by atoms with Gasteiger partial charge in [-0.2, -0.15) is 0 Å². The number of ether oxygens (including phenoxy) is 1. The fourth-order valence-electron chi connectivity index (χ4n) is 5.12. The smallest absolute Gasteiger partial charge is 0.248 e. The van der Waals surface area contributed by atoms with Crippen molar-refractivity contribution in [3.63, 3.8) is 0 Å². The summed E-state index contributed by atoms with van der Waals surface area (Å²) >= 11 is 0. The number of halogens is 1. The molecule has 0 aliphatic carbocycles. The first-order valence-corrected chi connectivity index (χ1v) is 10.6. The maximum Gasteiger partial charge on any atom is 0.248 e. The summed E-state index contributed by atoms with van der Waals surface area (Å²) in [5.74, 6) is 1.38. The molecule has 0 bridgehead atoms. The highest BCUT2D eigenvalue weighted by atomic mass is 35.5. The summed E-state index contributed by atoms with van der Waals surface area (Å²) < 4.78 is 5.24. The Morgan fingerprint density at radius 2 is 1.86 bits per heavy atom. The lowest BCUT2D eigenvalue weighted by atomic mass is 9.89. The van der Waals surface area contributed by atoms with E-state index in [1.807, 2.05) is 17.9 Å². The molecule has 1 N–H and O–H groups in total. The molecule has 0 spiro atoms. The van der Waals surface area contributed by atoms with Gasteiger partial charge in [0.1, 0.15) is 6.61 Å². The second kappa shape index (κ2) is 9.92. The topological polar surface area (TPSA) is 61.9 Å². The molecule has 0 radical (unpaired) electrons. The van der Waals surface area contributed by atoms with Crippen LogP contribution in [0.1, 0.15) is 31.4 Å². The Balaban J connectivity index is 0.00000240. The Kier molecular flexibility index (Phi) is 7.55. The third kappa shape index (κ3) is 4.60. The number of amides is 2. The van der Waals surface area contributed by atoms with Crippen molar-refractivity contribution in [2.75, 3.05) is 45.9 Å². The van der Waals surface area contributed by atoms with Crippen LogP contribution in [0.5, 0.6) is 0 Å². The van der Waals surface area contributed by atoms with Gasteiger partial charge in [-0.3, -0.25) is 9.59 Å². The molecule has 0 aromatic heterocycles. The van der Waals surface area contributed by atoms with E-state index in [9.17, 15) is 9.59 Å². The lowest BCUT2D eigenvalue weighted by Crippen LogP contribution is -2.46. The second-order valence-electron chi connectivity index (χ2n) is 8.22. The Bertz CT molecular complexity index is 694. The number of rotatable bonds is 5. The lowest BCUT2D eigenvalue weighted by Gasteiger charge is -2.36. The van der Waals surface area contributed by atoms with Gasteiger partial charge in [-0.1, -0.05) is 30.3 Å². The van der Waals surface area contributed by atoms with Crippen molar-refractivity contribution in [2.45, 2.75) is 25.8 Å². The summed E-state index contributed by atoms with van der Waals surface area (Å²) in [7, 11) is 0. The third-order valence-electron chi connectivity index (χ3n) is 6.62. The maximum atomic E-state index is 13.4. The van der Waals surface area contributed by atoms with E-state index in [1.165, 1.54) is 5.56 Å². The number of carbonyl (C=O) groups is 2. The molecular weight excluding hydrogens is 390 g/mol. The van der Waals surface area contributed by atoms with Crippen molar-refractivity contribution in [1.29, 1.82) is 0 Å². The van der Waals surface area contributed by atoms with E-state index in [0.717, 1.165) is 32.5 Å². The quantitative estimate of drug-likeness (QED) is 0.790. The molecule has 3 saturated heterocycles. The fourth-order valence-corrected chi connectivity index (χ4v) is 5.12. The van der Waals surface area contributed by atoms with Crippen LogP contribution in [0.15, 0.2) is 30.3 Å². The molecule has 29 heavy (non-hydrogen) atoms. The van der Waals surface area contributed by atoms with Crippen LogP contribution in [-0.2, 0) is 14.3 Å². The van der Waals surface area contributed by atoms with Gasteiger partial charge in [0.25, 0.3) is 0 Å². The number of nitrogens with zero attached hydrogens (tertiary/aromatic N) is 2. The molecule has 0 unspecified atom stereocenters. The summed E-state index contributed by atoms with van der Waals surface area (Å²) in [6.07, 6.45) is 1.50. The summed E-state index contributed by atoms with van der Waals surface area (Å²) in [5.41, 5.74) is 1.25. The zero-order valence-corrected chi connectivity index (χ0v) is 17.9. The van der Waals surface area contributed by atoms with Crippen LogP contribution in [0.25, 0.3) is 0 Å². The van der Waals surface area contributed by atoms with Crippen LogP contribution in [0.4, 0.5) is 0 Å². The average molecular weight is 422 g/mol. The van der Waals surface area contributed by atoms with Crippen molar-refractivity contribution < 1.29 is 14.3 Å². The molecule has 1 aromatic rings. The maximum absolute atomic E-state index is 13.4. The van der Waals surface area contributed by atoms with Gasteiger partial charge < -0.3 is 19.9 Å². The van der Waals surface area contributed by atoms with Crippen LogP contribution >= 0.6 is 12.4 Å². The van der Waals surface area contributed by atoms with Crippen LogP contribution in [0.2, 0.25) is 0 Å². The molecule has 3 aliphatic heterocycles. The number of hydrogen-bond donors (Lipinski definition) is 1. The minimum absolute atomic E-state index is 0. The minimum atomic E-state index is 0. The molecule has 4 rings (SSSR count). The van der Waals surface area contributed by atoms with E-state index in [2.05, 4.69) is 34.5 Å². The number of nitrogens with one attached hydrogen (secondary N) is 1. The normalized spacial score (nSPS) is 26.9. The molecule has 3 aliphatic rings.